The highest BCUT2D eigenvalue weighted by Gasteiger charge is 2.19. The highest BCUT2D eigenvalue weighted by Crippen LogP contribution is 2.18. The predicted octanol–water partition coefficient (Wildman–Crippen LogP) is 24.1. The molecule has 0 bridgehead atoms. The second kappa shape index (κ2) is 68.3. The highest BCUT2D eigenvalue weighted by molar-refractivity contribution is 5.71. The lowest BCUT2D eigenvalue weighted by Crippen LogP contribution is -2.30. The van der Waals surface area contributed by atoms with Gasteiger partial charge < -0.3 is 14.2 Å². The lowest BCUT2D eigenvalue weighted by Gasteiger charge is -2.18. The maximum Gasteiger partial charge on any atom is 0.306 e. The van der Waals surface area contributed by atoms with Gasteiger partial charge in [-0.15, -0.1) is 0 Å². The van der Waals surface area contributed by atoms with Crippen LogP contribution in [0.25, 0.3) is 0 Å². The lowest BCUT2D eigenvalue weighted by atomic mass is 10.0. The maximum absolute atomic E-state index is 12.9. The Labute approximate surface area is 497 Å². The lowest BCUT2D eigenvalue weighted by molar-refractivity contribution is -0.167. The van der Waals surface area contributed by atoms with E-state index < -0.39 is 6.10 Å². The van der Waals surface area contributed by atoms with Gasteiger partial charge in [0.05, 0.1) is 0 Å². The second-order valence-electron chi connectivity index (χ2n) is 23.4. The zero-order valence-corrected chi connectivity index (χ0v) is 53.3. The van der Waals surface area contributed by atoms with Crippen molar-refractivity contribution in [1.82, 2.24) is 0 Å². The Morgan fingerprint density at radius 1 is 0.263 bits per heavy atom. The summed E-state index contributed by atoms with van der Waals surface area (Å²) in [6.07, 6.45) is 89.3. The molecule has 0 spiro atoms. The van der Waals surface area contributed by atoms with Crippen LogP contribution >= 0.6 is 0 Å². The smallest absolute Gasteiger partial charge is 0.306 e. The zero-order valence-electron chi connectivity index (χ0n) is 53.3. The number of carbonyl (C=O) groups excluding carboxylic acids is 3. The first kappa shape index (κ1) is 76.9. The Morgan fingerprint density at radius 2 is 0.487 bits per heavy atom. The van der Waals surface area contributed by atoms with Crippen LogP contribution in [0.5, 0.6) is 0 Å². The van der Waals surface area contributed by atoms with Gasteiger partial charge in [-0.1, -0.05) is 325 Å². The number of esters is 3. The Morgan fingerprint density at radius 3 is 0.787 bits per heavy atom. The highest BCUT2D eigenvalue weighted by atomic mass is 16.6. The van der Waals surface area contributed by atoms with Crippen LogP contribution in [0, 0.1) is 0 Å². The molecule has 0 aliphatic rings. The van der Waals surface area contributed by atoms with Crippen molar-refractivity contribution in [3.05, 3.63) is 72.9 Å². The number of unbranched alkanes of at least 4 members (excludes halogenated alkanes) is 41. The normalized spacial score (nSPS) is 12.5. The van der Waals surface area contributed by atoms with Crippen LogP contribution in [0.15, 0.2) is 72.9 Å². The summed E-state index contributed by atoms with van der Waals surface area (Å²) in [5.41, 5.74) is 0. The van der Waals surface area contributed by atoms with Gasteiger partial charge in [0.1, 0.15) is 13.2 Å². The van der Waals surface area contributed by atoms with E-state index in [2.05, 4.69) is 93.7 Å². The molecule has 6 nitrogen and oxygen atoms in total. The minimum atomic E-state index is -0.792. The first-order valence-corrected chi connectivity index (χ1v) is 34.9. The van der Waals surface area contributed by atoms with Gasteiger partial charge in [-0.2, -0.15) is 0 Å². The zero-order chi connectivity index (χ0) is 57.8. The van der Waals surface area contributed by atoms with Crippen molar-refractivity contribution >= 4 is 17.9 Å². The standard InChI is InChI=1S/C74H132O6/c1-4-7-10-13-16-19-22-25-28-31-33-34-35-36-37-38-39-40-42-43-46-49-52-55-58-61-64-67-73(76)79-70-71(69-78-72(75)66-63-60-57-54-51-48-45-30-27-24-21-18-15-12-9-6-3)80-74(77)68-65-62-59-56-53-50-47-44-41-32-29-26-23-20-17-14-11-8-5-2/h8,11,17,20,26,29,31,33,41,44,50,53,71H,4-7,9-10,12-16,18-19,21-25,27-28,30,32,34-40,42-43,45-49,51-52,54-70H2,1-3H3/b11-8-,20-17-,29-26-,33-31-,44-41-,53-50-. The molecule has 0 aliphatic carbocycles. The molecule has 464 valence electrons. The van der Waals surface area contributed by atoms with Crippen molar-refractivity contribution in [2.45, 2.75) is 367 Å². The van der Waals surface area contributed by atoms with Crippen LogP contribution in [-0.4, -0.2) is 37.2 Å². The summed E-state index contributed by atoms with van der Waals surface area (Å²) in [5, 5.41) is 0. The fraction of sp³-hybridized carbons (Fsp3) is 0.797. The third kappa shape index (κ3) is 65.7. The molecule has 0 saturated carbocycles. The molecule has 6 heteroatoms. The minimum absolute atomic E-state index is 0.0848. The van der Waals surface area contributed by atoms with Crippen LogP contribution in [0.3, 0.4) is 0 Å². The van der Waals surface area contributed by atoms with Gasteiger partial charge >= 0.3 is 17.9 Å². The summed E-state index contributed by atoms with van der Waals surface area (Å²) >= 11 is 0. The maximum atomic E-state index is 12.9. The molecule has 0 fully saturated rings. The fourth-order valence-electron chi connectivity index (χ4n) is 10.2. The monoisotopic (exact) mass is 1120 g/mol. The van der Waals surface area contributed by atoms with Crippen molar-refractivity contribution in [3.63, 3.8) is 0 Å². The molecule has 0 N–H and O–H groups in total. The molecule has 0 radical (unpaired) electrons. The van der Waals surface area contributed by atoms with Gasteiger partial charge in [-0.3, -0.25) is 14.4 Å². The fourth-order valence-corrected chi connectivity index (χ4v) is 10.2. The molecule has 0 amide bonds. The summed E-state index contributed by atoms with van der Waals surface area (Å²) in [4.78, 5) is 38.4. The molecule has 0 aromatic rings. The molecule has 0 aliphatic heterocycles. The number of allylic oxidation sites excluding steroid dienone is 12. The molecule has 1 atom stereocenters. The topological polar surface area (TPSA) is 78.9 Å². The Bertz CT molecular complexity index is 1470. The van der Waals surface area contributed by atoms with Crippen molar-refractivity contribution < 1.29 is 28.6 Å². The number of hydrogen-bond acceptors (Lipinski definition) is 6. The molecule has 0 heterocycles. The molecule has 0 saturated heterocycles. The average molecular weight is 1120 g/mol. The Kier molecular flexibility index (Phi) is 65.7. The van der Waals surface area contributed by atoms with Crippen molar-refractivity contribution in [3.8, 4) is 0 Å². The Hall–Kier alpha value is -3.15. The third-order valence-corrected chi connectivity index (χ3v) is 15.4. The van der Waals surface area contributed by atoms with E-state index in [1.165, 1.54) is 225 Å². The van der Waals surface area contributed by atoms with Crippen molar-refractivity contribution in [2.75, 3.05) is 13.2 Å². The summed E-state index contributed by atoms with van der Waals surface area (Å²) < 4.78 is 17.0. The van der Waals surface area contributed by atoms with Crippen molar-refractivity contribution in [2.24, 2.45) is 0 Å². The number of carbonyl (C=O) groups is 3. The van der Waals surface area contributed by atoms with E-state index in [0.29, 0.717) is 19.3 Å². The van der Waals surface area contributed by atoms with Gasteiger partial charge in [0.25, 0.3) is 0 Å². The van der Waals surface area contributed by atoms with E-state index in [-0.39, 0.29) is 31.1 Å². The SMILES string of the molecule is CC/C=C\C/C=C\C/C=C\C/C=C\C/C=C\CCCCCC(=O)OC(COC(=O)CCCCCCCCCCCCCCCCCC)COC(=O)CCCCCCCCCCCCCCCCC/C=C\CCCCCCCCCC. The molecule has 0 aromatic heterocycles. The quantitative estimate of drug-likeness (QED) is 0.0261. The molecule has 0 aromatic carbocycles. The first-order chi connectivity index (χ1) is 39.5. The van der Waals surface area contributed by atoms with E-state index >= 15 is 0 Å². The van der Waals surface area contributed by atoms with Gasteiger partial charge in [0.15, 0.2) is 6.10 Å². The summed E-state index contributed by atoms with van der Waals surface area (Å²) in [7, 11) is 0. The average Bonchev–Trinajstić information content (AvgIpc) is 3.46. The number of ether oxygens (including phenoxy) is 3. The van der Waals surface area contributed by atoms with E-state index in [9.17, 15) is 14.4 Å². The molecular weight excluding hydrogens is 985 g/mol. The van der Waals surface area contributed by atoms with Gasteiger partial charge in [0, 0.05) is 19.3 Å². The second-order valence-corrected chi connectivity index (χ2v) is 23.4. The van der Waals surface area contributed by atoms with E-state index in [0.717, 1.165) is 96.3 Å². The van der Waals surface area contributed by atoms with E-state index in [1.54, 1.807) is 0 Å². The molecular formula is C74H132O6. The molecule has 80 heavy (non-hydrogen) atoms. The van der Waals surface area contributed by atoms with Crippen LogP contribution in [0.4, 0.5) is 0 Å². The van der Waals surface area contributed by atoms with E-state index in [1.807, 2.05) is 0 Å². The van der Waals surface area contributed by atoms with Gasteiger partial charge in [-0.05, 0) is 89.9 Å². The van der Waals surface area contributed by atoms with Crippen LogP contribution in [0.1, 0.15) is 361 Å². The summed E-state index contributed by atoms with van der Waals surface area (Å²) in [6, 6.07) is 0. The van der Waals surface area contributed by atoms with Crippen LogP contribution in [0.2, 0.25) is 0 Å². The predicted molar refractivity (Wildman–Crippen MR) is 348 cm³/mol. The van der Waals surface area contributed by atoms with Crippen LogP contribution < -0.4 is 0 Å². The molecule has 0 rings (SSSR count). The van der Waals surface area contributed by atoms with E-state index in [4.69, 9.17) is 14.2 Å². The molecule has 1 unspecified atom stereocenters. The number of hydrogen-bond donors (Lipinski definition) is 0. The van der Waals surface area contributed by atoms with Crippen LogP contribution in [-0.2, 0) is 28.6 Å². The first-order valence-electron chi connectivity index (χ1n) is 34.9. The largest absolute Gasteiger partial charge is 0.462 e. The van der Waals surface area contributed by atoms with Gasteiger partial charge in [0.2, 0.25) is 0 Å². The third-order valence-electron chi connectivity index (χ3n) is 15.4. The summed E-state index contributed by atoms with van der Waals surface area (Å²) in [5.74, 6) is -0.896. The summed E-state index contributed by atoms with van der Waals surface area (Å²) in [6.45, 7) is 6.56. The Balaban J connectivity index is 4.31. The number of rotatable bonds is 64. The van der Waals surface area contributed by atoms with Gasteiger partial charge in [-0.25, -0.2) is 0 Å². The minimum Gasteiger partial charge on any atom is -0.462 e. The van der Waals surface area contributed by atoms with Crippen molar-refractivity contribution in [1.29, 1.82) is 0 Å².